The van der Waals surface area contributed by atoms with Crippen molar-refractivity contribution in [3.63, 3.8) is 0 Å². The lowest BCUT2D eigenvalue weighted by Crippen LogP contribution is -2.42. The maximum absolute atomic E-state index is 12.3. The highest BCUT2D eigenvalue weighted by atomic mass is 32.2. The van der Waals surface area contributed by atoms with Gasteiger partial charge in [0.05, 0.1) is 16.4 Å². The summed E-state index contributed by atoms with van der Waals surface area (Å²) in [6, 6.07) is 3.97. The molecule has 0 fully saturated rings. The van der Waals surface area contributed by atoms with Crippen molar-refractivity contribution < 1.29 is 18.1 Å². The van der Waals surface area contributed by atoms with Crippen molar-refractivity contribution in [3.05, 3.63) is 34.4 Å². The number of primary amides is 1. The number of hydrogen-bond donors (Lipinski definition) is 1. The SMILES string of the molecule is CC(C)N(CC(N)=O)S(=O)(=O)c1ccc([N+](=O)[O-])cc1. The monoisotopic (exact) mass is 301 g/mol. The Morgan fingerprint density at radius 3 is 2.20 bits per heavy atom. The van der Waals surface area contributed by atoms with Crippen molar-refractivity contribution in [2.24, 2.45) is 5.73 Å². The number of nitrogens with zero attached hydrogens (tertiary/aromatic N) is 2. The predicted molar refractivity (Wildman–Crippen MR) is 71.3 cm³/mol. The number of hydrogen-bond acceptors (Lipinski definition) is 5. The van der Waals surface area contributed by atoms with Crippen molar-refractivity contribution in [2.75, 3.05) is 6.54 Å². The minimum atomic E-state index is -3.93. The standard InChI is InChI=1S/C11H15N3O5S/c1-8(2)13(7-11(12)15)20(18,19)10-5-3-9(4-6-10)14(16)17/h3-6,8H,7H2,1-2H3,(H2,12,15). The molecule has 2 N–H and O–H groups in total. The van der Waals surface area contributed by atoms with E-state index < -0.39 is 33.4 Å². The zero-order valence-electron chi connectivity index (χ0n) is 11.0. The van der Waals surface area contributed by atoms with Crippen LogP contribution in [0.2, 0.25) is 0 Å². The van der Waals surface area contributed by atoms with Gasteiger partial charge in [0.15, 0.2) is 0 Å². The third-order valence-corrected chi connectivity index (χ3v) is 4.58. The van der Waals surface area contributed by atoms with Crippen LogP contribution in [0, 0.1) is 10.1 Å². The summed E-state index contributed by atoms with van der Waals surface area (Å²) in [5.74, 6) is -0.774. The molecule has 1 aromatic carbocycles. The van der Waals surface area contributed by atoms with Gasteiger partial charge >= 0.3 is 0 Å². The van der Waals surface area contributed by atoms with Crippen LogP contribution in [0.3, 0.4) is 0 Å². The Morgan fingerprint density at radius 2 is 1.85 bits per heavy atom. The molecule has 110 valence electrons. The van der Waals surface area contributed by atoms with Crippen molar-refractivity contribution in [3.8, 4) is 0 Å². The second-order valence-corrected chi connectivity index (χ2v) is 6.25. The predicted octanol–water partition coefficient (Wildman–Crippen LogP) is 0.479. The Bertz CT molecular complexity index is 609. The van der Waals surface area contributed by atoms with Crippen LogP contribution in [0.1, 0.15) is 13.8 Å². The van der Waals surface area contributed by atoms with Crippen molar-refractivity contribution in [2.45, 2.75) is 24.8 Å². The maximum atomic E-state index is 12.3. The molecule has 0 aliphatic rings. The molecule has 1 rings (SSSR count). The summed E-state index contributed by atoms with van der Waals surface area (Å²) in [4.78, 5) is 20.7. The van der Waals surface area contributed by atoms with Crippen molar-refractivity contribution >= 4 is 21.6 Å². The van der Waals surface area contributed by atoms with E-state index in [9.17, 15) is 23.3 Å². The molecule has 0 aliphatic carbocycles. The summed E-state index contributed by atoms with van der Waals surface area (Å²) in [7, 11) is -3.93. The molecular formula is C11H15N3O5S. The summed E-state index contributed by atoms with van der Waals surface area (Å²) in [5.41, 5.74) is 4.82. The van der Waals surface area contributed by atoms with Crippen LogP contribution < -0.4 is 5.73 Å². The number of amides is 1. The smallest absolute Gasteiger partial charge is 0.269 e. The first-order chi connectivity index (χ1) is 9.16. The average molecular weight is 301 g/mol. The van der Waals surface area contributed by atoms with Crippen LogP contribution in [0.4, 0.5) is 5.69 Å². The van der Waals surface area contributed by atoms with Gasteiger partial charge in [-0.1, -0.05) is 0 Å². The van der Waals surface area contributed by atoms with Crippen LogP contribution in [0.25, 0.3) is 0 Å². The molecule has 0 saturated carbocycles. The van der Waals surface area contributed by atoms with Crippen molar-refractivity contribution in [1.29, 1.82) is 0 Å². The summed E-state index contributed by atoms with van der Waals surface area (Å²) in [6.07, 6.45) is 0. The van der Waals surface area contributed by atoms with Gasteiger partial charge in [-0.15, -0.1) is 0 Å². The molecule has 1 amide bonds. The third-order valence-electron chi connectivity index (χ3n) is 2.54. The molecule has 0 atom stereocenters. The molecule has 8 nitrogen and oxygen atoms in total. The van der Waals surface area contributed by atoms with E-state index in [1.165, 1.54) is 0 Å². The number of carbonyl (C=O) groups is 1. The number of carbonyl (C=O) groups excluding carboxylic acids is 1. The fraction of sp³-hybridized carbons (Fsp3) is 0.364. The Hall–Kier alpha value is -2.00. The van der Waals surface area contributed by atoms with E-state index >= 15 is 0 Å². The average Bonchev–Trinajstić information content (AvgIpc) is 2.35. The van der Waals surface area contributed by atoms with Crippen LogP contribution in [0.15, 0.2) is 29.2 Å². The number of rotatable bonds is 6. The van der Waals surface area contributed by atoms with E-state index in [2.05, 4.69) is 0 Å². The summed E-state index contributed by atoms with van der Waals surface area (Å²) >= 11 is 0. The normalized spacial score (nSPS) is 11.8. The molecular weight excluding hydrogens is 286 g/mol. The summed E-state index contributed by atoms with van der Waals surface area (Å²) in [6.45, 7) is 2.76. The molecule has 9 heteroatoms. The minimum Gasteiger partial charge on any atom is -0.369 e. The highest BCUT2D eigenvalue weighted by Crippen LogP contribution is 2.20. The van der Waals surface area contributed by atoms with E-state index in [0.717, 1.165) is 28.6 Å². The molecule has 20 heavy (non-hydrogen) atoms. The highest BCUT2D eigenvalue weighted by Gasteiger charge is 2.28. The second kappa shape index (κ2) is 5.97. The third kappa shape index (κ3) is 3.52. The van der Waals surface area contributed by atoms with E-state index in [4.69, 9.17) is 5.73 Å². The molecule has 0 spiro atoms. The Balaban J connectivity index is 3.19. The van der Waals surface area contributed by atoms with Gasteiger partial charge in [-0.05, 0) is 26.0 Å². The molecule has 0 aromatic heterocycles. The fourth-order valence-corrected chi connectivity index (χ4v) is 3.18. The zero-order chi connectivity index (χ0) is 15.5. The highest BCUT2D eigenvalue weighted by molar-refractivity contribution is 7.89. The first-order valence-electron chi connectivity index (χ1n) is 5.71. The van der Waals surface area contributed by atoms with E-state index in [1.54, 1.807) is 13.8 Å². The van der Waals surface area contributed by atoms with Gasteiger partial charge in [-0.25, -0.2) is 8.42 Å². The Morgan fingerprint density at radius 1 is 1.35 bits per heavy atom. The molecule has 0 aliphatic heterocycles. The van der Waals surface area contributed by atoms with Gasteiger partial charge in [-0.3, -0.25) is 14.9 Å². The Kier molecular flexibility index (Phi) is 4.79. The van der Waals surface area contributed by atoms with Gasteiger partial charge in [0.25, 0.3) is 5.69 Å². The number of nitro benzene ring substituents is 1. The van der Waals surface area contributed by atoms with E-state index in [1.807, 2.05) is 0 Å². The topological polar surface area (TPSA) is 124 Å². The maximum Gasteiger partial charge on any atom is 0.269 e. The van der Waals surface area contributed by atoms with Gasteiger partial charge in [0, 0.05) is 18.2 Å². The number of non-ortho nitro benzene ring substituents is 1. The van der Waals surface area contributed by atoms with Crippen molar-refractivity contribution in [1.82, 2.24) is 4.31 Å². The van der Waals surface area contributed by atoms with Gasteiger partial charge in [-0.2, -0.15) is 4.31 Å². The van der Waals surface area contributed by atoms with Gasteiger partial charge < -0.3 is 5.73 Å². The molecule has 0 saturated heterocycles. The first kappa shape index (κ1) is 16.1. The molecule has 0 bridgehead atoms. The molecule has 0 radical (unpaired) electrons. The largest absolute Gasteiger partial charge is 0.369 e. The lowest BCUT2D eigenvalue weighted by Gasteiger charge is -2.24. The molecule has 0 unspecified atom stereocenters. The summed E-state index contributed by atoms with van der Waals surface area (Å²) < 4.78 is 25.6. The quantitative estimate of drug-likeness (QED) is 0.604. The lowest BCUT2D eigenvalue weighted by atomic mass is 10.3. The van der Waals surface area contributed by atoms with E-state index in [0.29, 0.717) is 0 Å². The number of nitrogens with two attached hydrogens (primary N) is 1. The summed E-state index contributed by atoms with van der Waals surface area (Å²) in [5, 5.41) is 10.5. The van der Waals surface area contributed by atoms with Crippen LogP contribution in [0.5, 0.6) is 0 Å². The first-order valence-corrected chi connectivity index (χ1v) is 7.15. The van der Waals surface area contributed by atoms with Crippen LogP contribution in [-0.2, 0) is 14.8 Å². The number of benzene rings is 1. The fourth-order valence-electron chi connectivity index (χ4n) is 1.57. The van der Waals surface area contributed by atoms with Gasteiger partial charge in [0.2, 0.25) is 15.9 Å². The number of nitro groups is 1. The lowest BCUT2D eigenvalue weighted by molar-refractivity contribution is -0.384. The Labute approximate surface area is 116 Å². The molecule has 0 heterocycles. The van der Waals surface area contributed by atoms with Crippen LogP contribution in [-0.4, -0.2) is 36.1 Å². The minimum absolute atomic E-state index is 0.127. The van der Waals surface area contributed by atoms with Crippen LogP contribution >= 0.6 is 0 Å². The number of sulfonamides is 1. The molecule has 1 aromatic rings. The van der Waals surface area contributed by atoms with E-state index in [-0.39, 0.29) is 10.6 Å². The van der Waals surface area contributed by atoms with Gasteiger partial charge in [0.1, 0.15) is 0 Å². The second-order valence-electron chi connectivity index (χ2n) is 4.36. The zero-order valence-corrected chi connectivity index (χ0v) is 11.8.